The van der Waals surface area contributed by atoms with E-state index in [1.54, 1.807) is 30.3 Å². The van der Waals surface area contributed by atoms with E-state index in [0.717, 1.165) is 31.5 Å². The Balaban J connectivity index is 1.88. The molecule has 2 N–H and O–H groups in total. The summed E-state index contributed by atoms with van der Waals surface area (Å²) in [4.78, 5) is 8.25. The molecule has 3 rings (SSSR count). The number of rotatable bonds is 6. The van der Waals surface area contributed by atoms with Crippen molar-refractivity contribution in [3.63, 3.8) is 0 Å². The first-order valence-electron chi connectivity index (χ1n) is 8.99. The first kappa shape index (κ1) is 19.9. The summed E-state index contributed by atoms with van der Waals surface area (Å²) in [6.07, 6.45) is 1.50. The molecule has 0 bridgehead atoms. The molecule has 1 aliphatic heterocycles. The van der Waals surface area contributed by atoms with Crippen molar-refractivity contribution in [2.45, 2.75) is 42.6 Å². The van der Waals surface area contributed by atoms with Crippen molar-refractivity contribution in [2.75, 3.05) is 13.1 Å². The van der Waals surface area contributed by atoms with Crippen molar-refractivity contribution in [1.82, 2.24) is 10.2 Å². The van der Waals surface area contributed by atoms with Crippen LogP contribution in [0.4, 0.5) is 4.39 Å². The van der Waals surface area contributed by atoms with Gasteiger partial charge in [-0.25, -0.2) is 12.8 Å². The third-order valence-corrected chi connectivity index (χ3v) is 6.66. The molecule has 1 aliphatic rings. The summed E-state index contributed by atoms with van der Waals surface area (Å²) in [6.45, 7) is 5.29. The zero-order chi connectivity index (χ0) is 19.5. The molecule has 2 aromatic rings. The van der Waals surface area contributed by atoms with E-state index in [-0.39, 0.29) is 10.7 Å². The van der Waals surface area contributed by atoms with Gasteiger partial charge in [-0.15, -0.1) is 0 Å². The Morgan fingerprint density at radius 3 is 2.22 bits per heavy atom. The second-order valence-electron chi connectivity index (χ2n) is 7.35. The molecule has 0 aliphatic carbocycles. The van der Waals surface area contributed by atoms with E-state index in [1.807, 2.05) is 13.8 Å². The van der Waals surface area contributed by atoms with Gasteiger partial charge in [-0.3, -0.25) is 4.84 Å². The number of sulfonamides is 1. The third kappa shape index (κ3) is 4.06. The Kier molecular flexibility index (Phi) is 5.67. The van der Waals surface area contributed by atoms with Crippen LogP contribution in [0.1, 0.15) is 32.3 Å². The number of nitrogens with one attached hydrogen (secondary N) is 2. The normalized spacial score (nSPS) is 17.6. The highest BCUT2D eigenvalue weighted by Gasteiger charge is 2.49. The fourth-order valence-corrected chi connectivity index (χ4v) is 4.69. The zero-order valence-electron chi connectivity index (χ0n) is 15.5. The van der Waals surface area contributed by atoms with E-state index in [4.69, 9.17) is 4.84 Å². The van der Waals surface area contributed by atoms with Gasteiger partial charge in [0.15, 0.2) is 0 Å². The van der Waals surface area contributed by atoms with Gasteiger partial charge in [-0.05, 0) is 69.6 Å². The molecule has 1 saturated heterocycles. The van der Waals surface area contributed by atoms with Crippen LogP contribution in [-0.4, -0.2) is 27.1 Å². The van der Waals surface area contributed by atoms with Crippen molar-refractivity contribution in [3.8, 4) is 0 Å². The van der Waals surface area contributed by atoms with E-state index in [2.05, 4.69) is 10.2 Å². The number of halogens is 1. The van der Waals surface area contributed by atoms with Crippen LogP contribution in [0.3, 0.4) is 0 Å². The van der Waals surface area contributed by atoms with Crippen LogP contribution in [0.15, 0.2) is 59.5 Å². The Morgan fingerprint density at radius 2 is 1.63 bits per heavy atom. The largest absolute Gasteiger partial charge is 0.317 e. The Bertz CT molecular complexity index is 862. The van der Waals surface area contributed by atoms with Crippen LogP contribution in [-0.2, 0) is 20.3 Å². The molecule has 27 heavy (non-hydrogen) atoms. The average molecular weight is 392 g/mol. The lowest BCUT2D eigenvalue weighted by Gasteiger charge is -2.48. The molecule has 0 saturated carbocycles. The van der Waals surface area contributed by atoms with Crippen LogP contribution in [0.5, 0.6) is 0 Å². The number of hydrogen-bond acceptors (Lipinski definition) is 4. The minimum Gasteiger partial charge on any atom is -0.317 e. The summed E-state index contributed by atoms with van der Waals surface area (Å²) in [5.41, 5.74) is -0.366. The summed E-state index contributed by atoms with van der Waals surface area (Å²) in [7, 11) is -3.80. The predicted molar refractivity (Wildman–Crippen MR) is 102 cm³/mol. The van der Waals surface area contributed by atoms with Gasteiger partial charge < -0.3 is 5.32 Å². The molecule has 0 spiro atoms. The lowest BCUT2D eigenvalue weighted by molar-refractivity contribution is -0.111. The monoisotopic (exact) mass is 392 g/mol. The molecule has 1 heterocycles. The van der Waals surface area contributed by atoms with Crippen molar-refractivity contribution in [1.29, 1.82) is 0 Å². The van der Waals surface area contributed by atoms with Crippen molar-refractivity contribution in [3.05, 3.63) is 66.0 Å². The summed E-state index contributed by atoms with van der Waals surface area (Å²) in [5, 5.41) is 3.32. The van der Waals surface area contributed by atoms with Crippen LogP contribution >= 0.6 is 0 Å². The second-order valence-corrected chi connectivity index (χ2v) is 9.00. The number of benzene rings is 2. The summed E-state index contributed by atoms with van der Waals surface area (Å²) in [5.74, 6) is -0.300. The van der Waals surface area contributed by atoms with Crippen LogP contribution in [0.2, 0.25) is 0 Å². The number of hydrogen-bond donors (Lipinski definition) is 2. The predicted octanol–water partition coefficient (Wildman–Crippen LogP) is 3.14. The fraction of sp³-hybridized carbons (Fsp3) is 0.400. The highest BCUT2D eigenvalue weighted by atomic mass is 32.2. The maximum atomic E-state index is 13.4. The molecule has 0 atom stereocenters. The average Bonchev–Trinajstić information content (AvgIpc) is 2.68. The maximum absolute atomic E-state index is 13.4. The van der Waals surface area contributed by atoms with Gasteiger partial charge in [0.05, 0.1) is 10.5 Å². The number of piperidine rings is 1. The molecule has 0 unspecified atom stereocenters. The standard InChI is InChI=1S/C20H25FN2O3S/c1-19(2,26-23-27(24,25)18-6-4-3-5-7-18)20(12-14-22-15-13-20)16-8-10-17(21)11-9-16/h3-11,22-23H,12-15H2,1-2H3. The van der Waals surface area contributed by atoms with E-state index >= 15 is 0 Å². The smallest absolute Gasteiger partial charge is 0.262 e. The molecular weight excluding hydrogens is 367 g/mol. The highest BCUT2D eigenvalue weighted by Crippen LogP contribution is 2.44. The lowest BCUT2D eigenvalue weighted by atomic mass is 9.63. The maximum Gasteiger partial charge on any atom is 0.262 e. The SMILES string of the molecule is CC(C)(ONS(=O)(=O)c1ccccc1)C1(c2ccc(F)cc2)CCNCC1. The van der Waals surface area contributed by atoms with Crippen molar-refractivity contribution >= 4 is 10.0 Å². The quantitative estimate of drug-likeness (QED) is 0.741. The topological polar surface area (TPSA) is 67.4 Å². The minimum absolute atomic E-state index is 0.141. The lowest BCUT2D eigenvalue weighted by Crippen LogP contribution is -2.56. The van der Waals surface area contributed by atoms with Gasteiger partial charge in [-0.1, -0.05) is 35.2 Å². The van der Waals surface area contributed by atoms with E-state index in [1.165, 1.54) is 24.3 Å². The molecule has 0 radical (unpaired) electrons. The molecule has 146 valence electrons. The zero-order valence-corrected chi connectivity index (χ0v) is 16.4. The molecule has 5 nitrogen and oxygen atoms in total. The molecular formula is C20H25FN2O3S. The third-order valence-electron chi connectivity index (χ3n) is 5.47. The molecule has 0 amide bonds. The van der Waals surface area contributed by atoms with E-state index in [9.17, 15) is 12.8 Å². The first-order valence-corrected chi connectivity index (χ1v) is 10.5. The summed E-state index contributed by atoms with van der Waals surface area (Å²) < 4.78 is 38.5. The second kappa shape index (κ2) is 7.67. The Labute approximate surface area is 159 Å². The minimum atomic E-state index is -3.80. The Hall–Kier alpha value is -1.80. The van der Waals surface area contributed by atoms with Gasteiger partial charge in [0.1, 0.15) is 5.82 Å². The van der Waals surface area contributed by atoms with Gasteiger partial charge in [0.25, 0.3) is 10.0 Å². The van der Waals surface area contributed by atoms with Crippen LogP contribution in [0, 0.1) is 5.82 Å². The fourth-order valence-electron chi connectivity index (χ4n) is 3.77. The first-order chi connectivity index (χ1) is 12.8. The van der Waals surface area contributed by atoms with Gasteiger partial charge >= 0.3 is 0 Å². The molecule has 0 aromatic heterocycles. The highest BCUT2D eigenvalue weighted by molar-refractivity contribution is 7.89. The molecule has 2 aromatic carbocycles. The van der Waals surface area contributed by atoms with Crippen molar-refractivity contribution in [2.24, 2.45) is 0 Å². The van der Waals surface area contributed by atoms with Crippen LogP contribution in [0.25, 0.3) is 0 Å². The summed E-state index contributed by atoms with van der Waals surface area (Å²) in [6, 6.07) is 14.5. The van der Waals surface area contributed by atoms with Gasteiger partial charge in [0.2, 0.25) is 0 Å². The van der Waals surface area contributed by atoms with E-state index < -0.39 is 21.0 Å². The van der Waals surface area contributed by atoms with Gasteiger partial charge in [0, 0.05) is 5.41 Å². The molecule has 7 heteroatoms. The van der Waals surface area contributed by atoms with E-state index in [0.29, 0.717) is 0 Å². The van der Waals surface area contributed by atoms with Crippen molar-refractivity contribution < 1.29 is 17.6 Å². The Morgan fingerprint density at radius 1 is 1.04 bits per heavy atom. The summed E-state index contributed by atoms with van der Waals surface area (Å²) >= 11 is 0. The molecule has 1 fully saturated rings. The van der Waals surface area contributed by atoms with Gasteiger partial charge in [-0.2, -0.15) is 0 Å². The van der Waals surface area contributed by atoms with Crippen LogP contribution < -0.4 is 10.2 Å².